The molecule has 0 aliphatic carbocycles. The van der Waals surface area contributed by atoms with Crippen LogP contribution in [0.3, 0.4) is 0 Å². The van der Waals surface area contributed by atoms with Gasteiger partial charge in [0.15, 0.2) is 0 Å². The van der Waals surface area contributed by atoms with Gasteiger partial charge in [0.1, 0.15) is 5.75 Å². The van der Waals surface area contributed by atoms with Crippen LogP contribution in [-0.2, 0) is 0 Å². The van der Waals surface area contributed by atoms with E-state index in [1.165, 1.54) is 0 Å². The number of carbonyl (C=O) groups excluding carboxylic acids is 1. The molecule has 0 spiro atoms. The van der Waals surface area contributed by atoms with E-state index in [0.29, 0.717) is 17.1 Å². The van der Waals surface area contributed by atoms with Gasteiger partial charge in [-0.1, -0.05) is 0 Å². The van der Waals surface area contributed by atoms with Crippen LogP contribution in [0.2, 0.25) is 0 Å². The summed E-state index contributed by atoms with van der Waals surface area (Å²) in [6.07, 6.45) is 0. The summed E-state index contributed by atoms with van der Waals surface area (Å²) >= 11 is 0. The topological polar surface area (TPSA) is 76.4 Å². The molecule has 0 atom stereocenters. The predicted molar refractivity (Wildman–Crippen MR) is 76.5 cm³/mol. The third-order valence-corrected chi connectivity index (χ3v) is 2.52. The Hall–Kier alpha value is -2.69. The van der Waals surface area contributed by atoms with Crippen LogP contribution in [0.15, 0.2) is 48.5 Å². The van der Waals surface area contributed by atoms with Gasteiger partial charge in [-0.2, -0.15) is 0 Å². The molecule has 4 N–H and O–H groups in total. The fraction of sp³-hybridized carbons (Fsp3) is 0.0714. The first kappa shape index (κ1) is 12.8. The average molecular weight is 257 g/mol. The van der Waals surface area contributed by atoms with Crippen LogP contribution in [0, 0.1) is 0 Å². The maximum Gasteiger partial charge on any atom is 0.323 e. The highest BCUT2D eigenvalue weighted by molar-refractivity contribution is 5.99. The SMILES string of the molecule is COc1ccc(NC(=O)Nc2ccc(N)cc2)cc1. The number of nitrogens with two attached hydrogens (primary N) is 1. The summed E-state index contributed by atoms with van der Waals surface area (Å²) in [7, 11) is 1.59. The maximum atomic E-state index is 11.7. The summed E-state index contributed by atoms with van der Waals surface area (Å²) in [5, 5.41) is 5.43. The quantitative estimate of drug-likeness (QED) is 0.740. The van der Waals surface area contributed by atoms with Crippen molar-refractivity contribution in [1.82, 2.24) is 0 Å². The van der Waals surface area contributed by atoms with Crippen molar-refractivity contribution >= 4 is 23.1 Å². The van der Waals surface area contributed by atoms with E-state index >= 15 is 0 Å². The Balaban J connectivity index is 1.95. The highest BCUT2D eigenvalue weighted by Crippen LogP contribution is 2.16. The lowest BCUT2D eigenvalue weighted by molar-refractivity contribution is 0.262. The Bertz CT molecular complexity index is 550. The summed E-state index contributed by atoms with van der Waals surface area (Å²) in [5.41, 5.74) is 7.59. The summed E-state index contributed by atoms with van der Waals surface area (Å²) in [6, 6.07) is 13.7. The number of ether oxygens (including phenoxy) is 1. The number of amides is 2. The molecular formula is C14H15N3O2. The van der Waals surface area contributed by atoms with Gasteiger partial charge in [-0.3, -0.25) is 0 Å². The summed E-state index contributed by atoms with van der Waals surface area (Å²) < 4.78 is 5.04. The van der Waals surface area contributed by atoms with Gasteiger partial charge in [-0.05, 0) is 48.5 Å². The van der Waals surface area contributed by atoms with Crippen LogP contribution < -0.4 is 21.1 Å². The molecule has 0 saturated carbocycles. The lowest BCUT2D eigenvalue weighted by atomic mass is 10.3. The highest BCUT2D eigenvalue weighted by atomic mass is 16.5. The van der Waals surface area contributed by atoms with Gasteiger partial charge in [0.25, 0.3) is 0 Å². The number of urea groups is 1. The summed E-state index contributed by atoms with van der Waals surface area (Å²) in [4.78, 5) is 11.7. The standard InChI is InChI=1S/C14H15N3O2/c1-19-13-8-6-12(7-9-13)17-14(18)16-11-4-2-10(15)3-5-11/h2-9H,15H2,1H3,(H2,16,17,18). The van der Waals surface area contributed by atoms with Crippen LogP contribution in [0.25, 0.3) is 0 Å². The molecule has 0 bridgehead atoms. The second-order valence-electron chi connectivity index (χ2n) is 3.93. The van der Waals surface area contributed by atoms with Crippen molar-refractivity contribution in [3.8, 4) is 5.75 Å². The molecule has 19 heavy (non-hydrogen) atoms. The number of nitrogen functional groups attached to an aromatic ring is 1. The Morgan fingerprint density at radius 1 is 0.947 bits per heavy atom. The van der Waals surface area contributed by atoms with Gasteiger partial charge in [0, 0.05) is 17.1 Å². The minimum absolute atomic E-state index is 0.310. The second kappa shape index (κ2) is 5.77. The Morgan fingerprint density at radius 3 is 1.89 bits per heavy atom. The molecule has 2 aromatic rings. The van der Waals surface area contributed by atoms with E-state index in [4.69, 9.17) is 10.5 Å². The number of nitrogens with one attached hydrogen (secondary N) is 2. The first-order valence-electron chi connectivity index (χ1n) is 5.75. The zero-order chi connectivity index (χ0) is 13.7. The van der Waals surface area contributed by atoms with E-state index in [1.807, 2.05) is 0 Å². The predicted octanol–water partition coefficient (Wildman–Crippen LogP) is 2.92. The Kier molecular flexibility index (Phi) is 3.87. The van der Waals surface area contributed by atoms with Crippen LogP contribution in [0.1, 0.15) is 0 Å². The average Bonchev–Trinajstić information content (AvgIpc) is 2.42. The van der Waals surface area contributed by atoms with E-state index in [-0.39, 0.29) is 6.03 Å². The molecule has 0 unspecified atom stereocenters. The maximum absolute atomic E-state index is 11.7. The van der Waals surface area contributed by atoms with E-state index in [1.54, 1.807) is 55.6 Å². The molecule has 5 heteroatoms. The molecule has 0 aliphatic rings. The molecule has 0 fully saturated rings. The number of methoxy groups -OCH3 is 1. The number of hydrogen-bond donors (Lipinski definition) is 3. The molecule has 2 aromatic carbocycles. The van der Waals surface area contributed by atoms with Crippen LogP contribution in [-0.4, -0.2) is 13.1 Å². The normalized spacial score (nSPS) is 9.74. The molecule has 98 valence electrons. The van der Waals surface area contributed by atoms with Crippen molar-refractivity contribution in [2.24, 2.45) is 0 Å². The minimum atomic E-state index is -0.310. The van der Waals surface area contributed by atoms with E-state index in [2.05, 4.69) is 10.6 Å². The van der Waals surface area contributed by atoms with Crippen molar-refractivity contribution in [2.75, 3.05) is 23.5 Å². The fourth-order valence-corrected chi connectivity index (χ4v) is 1.53. The molecule has 0 heterocycles. The minimum Gasteiger partial charge on any atom is -0.497 e. The van der Waals surface area contributed by atoms with Crippen LogP contribution >= 0.6 is 0 Å². The van der Waals surface area contributed by atoms with Crippen molar-refractivity contribution in [3.63, 3.8) is 0 Å². The van der Waals surface area contributed by atoms with Gasteiger partial charge >= 0.3 is 6.03 Å². The monoisotopic (exact) mass is 257 g/mol. The second-order valence-corrected chi connectivity index (χ2v) is 3.93. The number of anilines is 3. The van der Waals surface area contributed by atoms with Crippen LogP contribution in [0.4, 0.5) is 21.9 Å². The largest absolute Gasteiger partial charge is 0.497 e. The Labute approximate surface area is 111 Å². The first-order valence-corrected chi connectivity index (χ1v) is 5.75. The van der Waals surface area contributed by atoms with E-state index in [0.717, 1.165) is 5.75 Å². The Morgan fingerprint density at radius 2 is 1.42 bits per heavy atom. The molecule has 0 aromatic heterocycles. The lowest BCUT2D eigenvalue weighted by Gasteiger charge is -2.08. The molecule has 2 rings (SSSR count). The van der Waals surface area contributed by atoms with Gasteiger partial charge < -0.3 is 21.1 Å². The zero-order valence-corrected chi connectivity index (χ0v) is 10.5. The van der Waals surface area contributed by atoms with Gasteiger partial charge in [0.2, 0.25) is 0 Å². The van der Waals surface area contributed by atoms with Crippen molar-refractivity contribution in [1.29, 1.82) is 0 Å². The lowest BCUT2D eigenvalue weighted by Crippen LogP contribution is -2.19. The van der Waals surface area contributed by atoms with Gasteiger partial charge in [-0.15, -0.1) is 0 Å². The highest BCUT2D eigenvalue weighted by Gasteiger charge is 2.02. The van der Waals surface area contributed by atoms with E-state index in [9.17, 15) is 4.79 Å². The van der Waals surface area contributed by atoms with Crippen molar-refractivity contribution in [3.05, 3.63) is 48.5 Å². The smallest absolute Gasteiger partial charge is 0.323 e. The molecule has 0 radical (unpaired) electrons. The number of carbonyl (C=O) groups is 1. The number of benzene rings is 2. The third kappa shape index (κ3) is 3.64. The third-order valence-electron chi connectivity index (χ3n) is 2.52. The fourth-order valence-electron chi connectivity index (χ4n) is 1.53. The van der Waals surface area contributed by atoms with Gasteiger partial charge in [-0.25, -0.2) is 4.79 Å². The van der Waals surface area contributed by atoms with E-state index < -0.39 is 0 Å². The summed E-state index contributed by atoms with van der Waals surface area (Å²) in [6.45, 7) is 0. The van der Waals surface area contributed by atoms with Crippen molar-refractivity contribution < 1.29 is 9.53 Å². The van der Waals surface area contributed by atoms with Crippen molar-refractivity contribution in [2.45, 2.75) is 0 Å². The first-order chi connectivity index (χ1) is 9.17. The number of rotatable bonds is 3. The molecule has 5 nitrogen and oxygen atoms in total. The number of hydrogen-bond acceptors (Lipinski definition) is 3. The summed E-state index contributed by atoms with van der Waals surface area (Å²) in [5.74, 6) is 0.740. The molecular weight excluding hydrogens is 242 g/mol. The molecule has 0 saturated heterocycles. The molecule has 0 aliphatic heterocycles. The van der Waals surface area contributed by atoms with Crippen LogP contribution in [0.5, 0.6) is 5.75 Å². The van der Waals surface area contributed by atoms with Gasteiger partial charge in [0.05, 0.1) is 7.11 Å². The zero-order valence-electron chi connectivity index (χ0n) is 10.5. The molecule has 2 amide bonds.